The molecule has 1 saturated heterocycles. The number of nitriles is 1. The van der Waals surface area contributed by atoms with Crippen LogP contribution < -0.4 is 15.4 Å². The minimum atomic E-state index is 0.505. The van der Waals surface area contributed by atoms with Gasteiger partial charge in [-0.05, 0) is 61.7 Å². The molecule has 1 aliphatic heterocycles. The first-order valence-corrected chi connectivity index (χ1v) is 9.71. The molecule has 3 heterocycles. The average molecular weight is 386 g/mol. The van der Waals surface area contributed by atoms with Crippen LogP contribution in [0.25, 0.3) is 11.4 Å². The molecule has 0 amide bonds. The number of hydrogen-bond donors (Lipinski definition) is 1. The second-order valence-electron chi connectivity index (χ2n) is 6.92. The summed E-state index contributed by atoms with van der Waals surface area (Å²) in [7, 11) is 0. The van der Waals surface area contributed by atoms with Gasteiger partial charge in [0, 0.05) is 25.5 Å². The van der Waals surface area contributed by atoms with Crippen LogP contribution in [0.1, 0.15) is 24.0 Å². The average Bonchev–Trinajstić information content (AvgIpc) is 3.30. The van der Waals surface area contributed by atoms with Gasteiger partial charge >= 0.3 is 0 Å². The van der Waals surface area contributed by atoms with E-state index in [0.29, 0.717) is 35.0 Å². The van der Waals surface area contributed by atoms with Crippen LogP contribution in [-0.4, -0.2) is 34.6 Å². The van der Waals surface area contributed by atoms with Crippen LogP contribution >= 0.6 is 0 Å². The van der Waals surface area contributed by atoms with Gasteiger partial charge < -0.3 is 15.4 Å². The summed E-state index contributed by atoms with van der Waals surface area (Å²) in [5.74, 6) is 2.61. The molecular formula is C22H22N6O. The maximum Gasteiger partial charge on any atom is 0.162 e. The number of pyridine rings is 1. The first-order chi connectivity index (χ1) is 14.3. The topological polar surface area (TPSA) is 101 Å². The fraction of sp³-hybridized carbons (Fsp3) is 0.273. The minimum absolute atomic E-state index is 0.505. The zero-order valence-electron chi connectivity index (χ0n) is 16.1. The first kappa shape index (κ1) is 18.8. The molecule has 29 heavy (non-hydrogen) atoms. The standard InChI is InChI=1S/C22H22N6O/c23-8-7-17-13-26-22(27-14-17)19-5-3-16(12-24)11-20(19)29-18-4-6-21(25-15-18)28-9-1-2-10-28/h3-6,11,13-15H,1-2,7-10,23H2. The Morgan fingerprint density at radius 2 is 1.83 bits per heavy atom. The number of anilines is 1. The van der Waals surface area contributed by atoms with E-state index in [-0.39, 0.29) is 0 Å². The summed E-state index contributed by atoms with van der Waals surface area (Å²) in [6.45, 7) is 2.63. The highest BCUT2D eigenvalue weighted by Gasteiger charge is 2.15. The molecule has 4 rings (SSSR count). The Bertz CT molecular complexity index is 1000. The van der Waals surface area contributed by atoms with Gasteiger partial charge in [-0.25, -0.2) is 15.0 Å². The van der Waals surface area contributed by atoms with E-state index >= 15 is 0 Å². The van der Waals surface area contributed by atoms with Gasteiger partial charge in [0.25, 0.3) is 0 Å². The fourth-order valence-corrected chi connectivity index (χ4v) is 3.34. The summed E-state index contributed by atoms with van der Waals surface area (Å²) < 4.78 is 6.07. The Kier molecular flexibility index (Phi) is 5.63. The number of nitrogens with zero attached hydrogens (tertiary/aromatic N) is 5. The smallest absolute Gasteiger partial charge is 0.162 e. The van der Waals surface area contributed by atoms with Crippen molar-refractivity contribution < 1.29 is 4.74 Å². The molecule has 0 radical (unpaired) electrons. The molecule has 1 fully saturated rings. The van der Waals surface area contributed by atoms with Gasteiger partial charge in [-0.3, -0.25) is 0 Å². The lowest BCUT2D eigenvalue weighted by atomic mass is 10.1. The molecule has 7 nitrogen and oxygen atoms in total. The molecule has 146 valence electrons. The van der Waals surface area contributed by atoms with E-state index in [1.807, 2.05) is 12.1 Å². The zero-order chi connectivity index (χ0) is 20.1. The van der Waals surface area contributed by atoms with Crippen molar-refractivity contribution >= 4 is 5.82 Å². The number of nitrogens with two attached hydrogens (primary N) is 1. The molecule has 0 aliphatic carbocycles. The molecule has 3 aromatic rings. The Morgan fingerprint density at radius 1 is 1.03 bits per heavy atom. The van der Waals surface area contributed by atoms with E-state index in [1.54, 1.807) is 36.8 Å². The first-order valence-electron chi connectivity index (χ1n) is 9.71. The van der Waals surface area contributed by atoms with Gasteiger partial charge in [0.1, 0.15) is 17.3 Å². The van der Waals surface area contributed by atoms with E-state index in [1.165, 1.54) is 12.8 Å². The third-order valence-corrected chi connectivity index (χ3v) is 4.87. The lowest BCUT2D eigenvalue weighted by molar-refractivity contribution is 0.481. The van der Waals surface area contributed by atoms with E-state index in [0.717, 1.165) is 30.9 Å². The summed E-state index contributed by atoms with van der Waals surface area (Å²) in [4.78, 5) is 15.7. The lowest BCUT2D eigenvalue weighted by Crippen LogP contribution is -2.18. The molecule has 0 unspecified atom stereocenters. The predicted octanol–water partition coefficient (Wildman–Crippen LogP) is 3.30. The van der Waals surface area contributed by atoms with Crippen molar-refractivity contribution in [1.29, 1.82) is 5.26 Å². The molecule has 0 bridgehead atoms. The maximum absolute atomic E-state index is 9.28. The van der Waals surface area contributed by atoms with Crippen molar-refractivity contribution in [1.82, 2.24) is 15.0 Å². The second-order valence-corrected chi connectivity index (χ2v) is 6.92. The molecule has 0 atom stereocenters. The molecule has 2 N–H and O–H groups in total. The van der Waals surface area contributed by atoms with Crippen LogP contribution in [0, 0.1) is 11.3 Å². The number of aromatic nitrogens is 3. The highest BCUT2D eigenvalue weighted by atomic mass is 16.5. The SMILES string of the molecule is N#Cc1ccc(-c2ncc(CCN)cn2)c(Oc2ccc(N3CCCC3)nc2)c1. The van der Waals surface area contributed by atoms with E-state index in [9.17, 15) is 5.26 Å². The number of benzene rings is 1. The molecule has 7 heteroatoms. The molecule has 1 aromatic carbocycles. The van der Waals surface area contributed by atoms with Gasteiger partial charge in [0.15, 0.2) is 5.82 Å². The highest BCUT2D eigenvalue weighted by molar-refractivity contribution is 5.66. The Balaban J connectivity index is 1.61. The zero-order valence-corrected chi connectivity index (χ0v) is 16.1. The van der Waals surface area contributed by atoms with Crippen LogP contribution in [0.3, 0.4) is 0 Å². The number of ether oxygens (including phenoxy) is 1. The van der Waals surface area contributed by atoms with Gasteiger partial charge in [-0.1, -0.05) is 0 Å². The predicted molar refractivity (Wildman–Crippen MR) is 111 cm³/mol. The Morgan fingerprint density at radius 3 is 2.48 bits per heavy atom. The lowest BCUT2D eigenvalue weighted by Gasteiger charge is -2.16. The summed E-state index contributed by atoms with van der Waals surface area (Å²) in [6.07, 6.45) is 8.38. The quantitative estimate of drug-likeness (QED) is 0.693. The summed E-state index contributed by atoms with van der Waals surface area (Å²) in [6, 6.07) is 11.2. The van der Waals surface area contributed by atoms with E-state index < -0.39 is 0 Å². The molecule has 1 aliphatic rings. The van der Waals surface area contributed by atoms with Gasteiger partial charge in [-0.15, -0.1) is 0 Å². The van der Waals surface area contributed by atoms with Crippen LogP contribution in [0.5, 0.6) is 11.5 Å². The van der Waals surface area contributed by atoms with Crippen molar-refractivity contribution in [3.05, 3.63) is 60.0 Å². The van der Waals surface area contributed by atoms with Crippen molar-refractivity contribution in [3.63, 3.8) is 0 Å². The molecule has 2 aromatic heterocycles. The summed E-state index contributed by atoms with van der Waals surface area (Å²) >= 11 is 0. The van der Waals surface area contributed by atoms with Crippen LogP contribution in [-0.2, 0) is 6.42 Å². The van der Waals surface area contributed by atoms with Gasteiger partial charge in [0.2, 0.25) is 0 Å². The maximum atomic E-state index is 9.28. The van der Waals surface area contributed by atoms with E-state index in [2.05, 4.69) is 25.9 Å². The van der Waals surface area contributed by atoms with Crippen LogP contribution in [0.2, 0.25) is 0 Å². The van der Waals surface area contributed by atoms with Crippen LogP contribution in [0.4, 0.5) is 5.82 Å². The van der Waals surface area contributed by atoms with Crippen molar-refractivity contribution in [2.45, 2.75) is 19.3 Å². The van der Waals surface area contributed by atoms with Gasteiger partial charge in [0.05, 0.1) is 23.4 Å². The van der Waals surface area contributed by atoms with Gasteiger partial charge in [-0.2, -0.15) is 5.26 Å². The second kappa shape index (κ2) is 8.67. The minimum Gasteiger partial charge on any atom is -0.455 e. The summed E-state index contributed by atoms with van der Waals surface area (Å²) in [5, 5.41) is 9.28. The fourth-order valence-electron chi connectivity index (χ4n) is 3.34. The third-order valence-electron chi connectivity index (χ3n) is 4.87. The monoisotopic (exact) mass is 386 g/mol. The number of hydrogen-bond acceptors (Lipinski definition) is 7. The Hall–Kier alpha value is -3.50. The molecular weight excluding hydrogens is 364 g/mol. The Labute approximate surface area is 169 Å². The highest BCUT2D eigenvalue weighted by Crippen LogP contribution is 2.33. The summed E-state index contributed by atoms with van der Waals surface area (Å²) in [5.41, 5.74) is 7.79. The molecule has 0 saturated carbocycles. The number of rotatable bonds is 6. The largest absolute Gasteiger partial charge is 0.455 e. The molecule has 0 spiro atoms. The van der Waals surface area contributed by atoms with Crippen molar-refractivity contribution in [2.24, 2.45) is 5.73 Å². The van der Waals surface area contributed by atoms with Crippen molar-refractivity contribution in [3.8, 4) is 29.0 Å². The van der Waals surface area contributed by atoms with E-state index in [4.69, 9.17) is 10.5 Å². The third kappa shape index (κ3) is 4.33. The van der Waals surface area contributed by atoms with Crippen LogP contribution in [0.15, 0.2) is 48.9 Å². The normalized spacial score (nSPS) is 13.3. The van der Waals surface area contributed by atoms with Crippen molar-refractivity contribution in [2.75, 3.05) is 24.5 Å².